The second kappa shape index (κ2) is 10.9. The highest BCUT2D eigenvalue weighted by Crippen LogP contribution is 2.27. The zero-order chi connectivity index (χ0) is 22.9. The van der Waals surface area contributed by atoms with E-state index in [9.17, 15) is 9.59 Å². The van der Waals surface area contributed by atoms with Crippen molar-refractivity contribution >= 4 is 29.1 Å². The Labute approximate surface area is 184 Å². The van der Waals surface area contributed by atoms with Crippen LogP contribution in [0.25, 0.3) is 11.0 Å². The number of esters is 1. The van der Waals surface area contributed by atoms with E-state index >= 15 is 0 Å². The number of benzene rings is 2. The molecule has 0 atom stereocenters. The Bertz CT molecular complexity index is 1120. The van der Waals surface area contributed by atoms with Crippen LogP contribution in [0.5, 0.6) is 17.2 Å². The molecule has 3 aromatic rings. The summed E-state index contributed by atoms with van der Waals surface area (Å²) in [4.78, 5) is 23.8. The van der Waals surface area contributed by atoms with Crippen molar-refractivity contribution in [2.75, 3.05) is 26.9 Å². The molecule has 9 heteroatoms. The molecule has 0 fully saturated rings. The number of carbonyl (C=O) groups is 2. The van der Waals surface area contributed by atoms with E-state index in [2.05, 4.69) is 10.5 Å². The summed E-state index contributed by atoms with van der Waals surface area (Å²) >= 11 is 0. The van der Waals surface area contributed by atoms with Crippen molar-refractivity contribution < 1.29 is 33.0 Å². The largest absolute Gasteiger partial charge is 0.494 e. The van der Waals surface area contributed by atoms with Gasteiger partial charge in [-0.25, -0.2) is 10.2 Å². The summed E-state index contributed by atoms with van der Waals surface area (Å²) in [5, 5.41) is 4.72. The number of methoxy groups -OCH3 is 1. The minimum Gasteiger partial charge on any atom is -0.494 e. The number of carbonyl (C=O) groups excluding carboxylic acids is 2. The fourth-order valence-corrected chi connectivity index (χ4v) is 2.83. The molecule has 1 amide bonds. The topological polar surface area (TPSA) is 109 Å². The first-order chi connectivity index (χ1) is 15.5. The van der Waals surface area contributed by atoms with Gasteiger partial charge < -0.3 is 23.4 Å². The summed E-state index contributed by atoms with van der Waals surface area (Å²) in [5.41, 5.74) is 3.65. The van der Waals surface area contributed by atoms with Crippen molar-refractivity contribution in [2.24, 2.45) is 5.10 Å². The Morgan fingerprint density at radius 3 is 2.62 bits per heavy atom. The highest BCUT2D eigenvalue weighted by molar-refractivity contribution is 5.96. The van der Waals surface area contributed by atoms with Crippen LogP contribution in [0.2, 0.25) is 0 Å². The molecule has 0 saturated heterocycles. The van der Waals surface area contributed by atoms with Crippen LogP contribution in [0, 0.1) is 0 Å². The first kappa shape index (κ1) is 22.7. The maximum atomic E-state index is 12.4. The number of hydrazone groups is 1. The number of amides is 1. The van der Waals surface area contributed by atoms with Gasteiger partial charge in [-0.3, -0.25) is 4.79 Å². The maximum absolute atomic E-state index is 12.4. The van der Waals surface area contributed by atoms with Crippen molar-refractivity contribution in [3.05, 3.63) is 53.8 Å². The first-order valence-electron chi connectivity index (χ1n) is 10.00. The molecule has 0 bridgehead atoms. The molecule has 3 rings (SSSR count). The fraction of sp³-hybridized carbons (Fsp3) is 0.261. The van der Waals surface area contributed by atoms with Gasteiger partial charge >= 0.3 is 11.9 Å². The summed E-state index contributed by atoms with van der Waals surface area (Å²) in [6, 6.07) is 12.0. The molecule has 0 radical (unpaired) electrons. The quantitative estimate of drug-likeness (QED) is 0.292. The molecule has 168 valence electrons. The van der Waals surface area contributed by atoms with E-state index in [-0.39, 0.29) is 19.0 Å². The van der Waals surface area contributed by atoms with Crippen LogP contribution in [-0.2, 0) is 9.53 Å². The normalized spacial score (nSPS) is 10.8. The van der Waals surface area contributed by atoms with Crippen molar-refractivity contribution in [3.8, 4) is 17.2 Å². The molecule has 0 saturated carbocycles. The van der Waals surface area contributed by atoms with Gasteiger partial charge in [0, 0.05) is 5.39 Å². The third kappa shape index (κ3) is 5.78. The summed E-state index contributed by atoms with van der Waals surface area (Å²) in [7, 11) is 1.48. The third-order valence-corrected chi connectivity index (χ3v) is 4.24. The Morgan fingerprint density at radius 1 is 1.03 bits per heavy atom. The van der Waals surface area contributed by atoms with Gasteiger partial charge in [-0.05, 0) is 61.9 Å². The zero-order valence-electron chi connectivity index (χ0n) is 18.0. The lowest BCUT2D eigenvalue weighted by Crippen LogP contribution is -2.16. The van der Waals surface area contributed by atoms with Crippen molar-refractivity contribution in [1.82, 2.24) is 5.43 Å². The van der Waals surface area contributed by atoms with Crippen molar-refractivity contribution in [2.45, 2.75) is 13.8 Å². The fourth-order valence-electron chi connectivity index (χ4n) is 2.83. The van der Waals surface area contributed by atoms with E-state index < -0.39 is 11.9 Å². The number of hydrogen-bond acceptors (Lipinski definition) is 8. The summed E-state index contributed by atoms with van der Waals surface area (Å²) in [5.74, 6) is 0.669. The second-order valence-electron chi connectivity index (χ2n) is 6.45. The van der Waals surface area contributed by atoms with Crippen molar-refractivity contribution in [3.63, 3.8) is 0 Å². The number of furan rings is 1. The van der Waals surface area contributed by atoms with Crippen LogP contribution in [0.1, 0.15) is 30.0 Å². The van der Waals surface area contributed by atoms with Crippen LogP contribution < -0.4 is 19.6 Å². The lowest BCUT2D eigenvalue weighted by atomic mass is 10.2. The summed E-state index contributed by atoms with van der Waals surface area (Å²) < 4.78 is 26.5. The smallest absolute Gasteiger partial charge is 0.344 e. The third-order valence-electron chi connectivity index (χ3n) is 4.24. The first-order valence-corrected chi connectivity index (χ1v) is 10.00. The van der Waals surface area contributed by atoms with E-state index in [0.29, 0.717) is 35.0 Å². The van der Waals surface area contributed by atoms with Gasteiger partial charge in [-0.2, -0.15) is 5.10 Å². The maximum Gasteiger partial charge on any atom is 0.344 e. The van der Waals surface area contributed by atoms with E-state index in [0.717, 1.165) is 5.39 Å². The molecule has 1 aromatic heterocycles. The Morgan fingerprint density at radius 2 is 1.88 bits per heavy atom. The zero-order valence-corrected chi connectivity index (χ0v) is 18.0. The van der Waals surface area contributed by atoms with E-state index in [4.69, 9.17) is 23.4 Å². The standard InChI is InChI=1S/C23H24N2O7/c1-4-29-17-7-9-18-16(11-17)12-21(32-18)23(27)25-24-13-15-6-8-19(20(10-15)28-3)31-14-22(26)30-5-2/h6-13H,4-5,14H2,1-3H3,(H,25,27)/b24-13+. The van der Waals surface area contributed by atoms with Gasteiger partial charge in [0.15, 0.2) is 23.9 Å². The Kier molecular flexibility index (Phi) is 7.69. The van der Waals surface area contributed by atoms with Crippen molar-refractivity contribution in [1.29, 1.82) is 0 Å². The lowest BCUT2D eigenvalue weighted by molar-refractivity contribution is -0.145. The van der Waals surface area contributed by atoms with Gasteiger partial charge in [0.25, 0.3) is 0 Å². The number of nitrogens with zero attached hydrogens (tertiary/aromatic N) is 1. The van der Waals surface area contributed by atoms with E-state index in [1.54, 1.807) is 49.4 Å². The molecular formula is C23H24N2O7. The predicted octanol–water partition coefficient (Wildman–Crippen LogP) is 3.55. The lowest BCUT2D eigenvalue weighted by Gasteiger charge is -2.10. The number of nitrogens with one attached hydrogen (secondary N) is 1. The average Bonchev–Trinajstić information content (AvgIpc) is 3.22. The Balaban J connectivity index is 1.63. The van der Waals surface area contributed by atoms with Gasteiger partial charge in [0.2, 0.25) is 0 Å². The molecule has 1 N–H and O–H groups in total. The number of hydrogen-bond donors (Lipinski definition) is 1. The number of ether oxygens (including phenoxy) is 4. The molecule has 9 nitrogen and oxygen atoms in total. The summed E-state index contributed by atoms with van der Waals surface area (Å²) in [6.45, 7) is 4.22. The average molecular weight is 440 g/mol. The van der Waals surface area contributed by atoms with Crippen LogP contribution in [0.3, 0.4) is 0 Å². The summed E-state index contributed by atoms with van der Waals surface area (Å²) in [6.07, 6.45) is 1.45. The molecular weight excluding hydrogens is 416 g/mol. The minimum absolute atomic E-state index is 0.131. The van der Waals surface area contributed by atoms with Crippen LogP contribution in [-0.4, -0.2) is 45.0 Å². The number of rotatable bonds is 10. The SMILES string of the molecule is CCOC(=O)COc1ccc(/C=N/NC(=O)c2cc3cc(OCC)ccc3o2)cc1OC. The second-order valence-corrected chi connectivity index (χ2v) is 6.45. The van der Waals surface area contributed by atoms with Gasteiger partial charge in [0.05, 0.1) is 26.5 Å². The molecule has 0 unspecified atom stereocenters. The number of fused-ring (bicyclic) bond motifs is 1. The predicted molar refractivity (Wildman–Crippen MR) is 118 cm³/mol. The molecule has 0 spiro atoms. The van der Waals surface area contributed by atoms with Crippen LogP contribution in [0.4, 0.5) is 0 Å². The molecule has 2 aromatic carbocycles. The molecule has 1 heterocycles. The molecule has 0 aliphatic carbocycles. The van der Waals surface area contributed by atoms with E-state index in [1.807, 2.05) is 6.92 Å². The monoisotopic (exact) mass is 440 g/mol. The highest BCUT2D eigenvalue weighted by Gasteiger charge is 2.13. The van der Waals surface area contributed by atoms with Crippen LogP contribution in [0.15, 0.2) is 52.0 Å². The van der Waals surface area contributed by atoms with Gasteiger partial charge in [-0.15, -0.1) is 0 Å². The molecule has 32 heavy (non-hydrogen) atoms. The molecule has 0 aliphatic rings. The minimum atomic E-state index is -0.489. The molecule has 0 aliphatic heterocycles. The highest BCUT2D eigenvalue weighted by atomic mass is 16.6. The van der Waals surface area contributed by atoms with E-state index in [1.165, 1.54) is 13.3 Å². The van der Waals surface area contributed by atoms with Gasteiger partial charge in [-0.1, -0.05) is 0 Å². The van der Waals surface area contributed by atoms with Gasteiger partial charge in [0.1, 0.15) is 11.3 Å². The Hall–Kier alpha value is -4.01. The van der Waals surface area contributed by atoms with Crippen LogP contribution >= 0.6 is 0 Å².